The van der Waals surface area contributed by atoms with Gasteiger partial charge in [-0.25, -0.2) is 9.18 Å². The molecule has 278 valence electrons. The van der Waals surface area contributed by atoms with Gasteiger partial charge in [-0.3, -0.25) is 9.79 Å². The van der Waals surface area contributed by atoms with Crippen molar-refractivity contribution in [2.45, 2.75) is 51.6 Å². The Hall–Kier alpha value is -5.85. The first-order valence-electron chi connectivity index (χ1n) is 15.2. The van der Waals surface area contributed by atoms with Crippen LogP contribution in [0.15, 0.2) is 83.1 Å². The van der Waals surface area contributed by atoms with Gasteiger partial charge in [-0.15, -0.1) is 0 Å². The first-order valence-corrected chi connectivity index (χ1v) is 15.2. The number of aliphatic hydroxyl groups is 1. The number of anilines is 1. The molecule has 1 aliphatic rings. The second-order valence-electron chi connectivity index (χ2n) is 11.5. The molecule has 6 N–H and O–H groups in total. The van der Waals surface area contributed by atoms with Gasteiger partial charge in [0.2, 0.25) is 0 Å². The van der Waals surface area contributed by atoms with E-state index in [0.29, 0.717) is 23.3 Å². The van der Waals surface area contributed by atoms with Crippen LogP contribution in [0.1, 0.15) is 41.7 Å². The highest BCUT2D eigenvalue weighted by Crippen LogP contribution is 2.34. The monoisotopic (exact) mass is 739 g/mol. The molecule has 3 aromatic rings. The summed E-state index contributed by atoms with van der Waals surface area (Å²) in [6.45, 7) is 1.49. The van der Waals surface area contributed by atoms with E-state index < -0.39 is 61.0 Å². The van der Waals surface area contributed by atoms with E-state index in [2.05, 4.69) is 20.3 Å². The maximum Gasteiger partial charge on any atom is 0.493 e. The fourth-order valence-corrected chi connectivity index (χ4v) is 4.65. The number of nitrogens with zero attached hydrogens (tertiary/aromatic N) is 4. The van der Waals surface area contributed by atoms with Crippen molar-refractivity contribution in [3.63, 3.8) is 0 Å². The van der Waals surface area contributed by atoms with Crippen LogP contribution in [0.5, 0.6) is 0 Å². The van der Waals surface area contributed by atoms with E-state index in [9.17, 15) is 45.4 Å². The molecule has 52 heavy (non-hydrogen) atoms. The molecule has 0 saturated heterocycles. The highest BCUT2D eigenvalue weighted by atomic mass is 19.4. The summed E-state index contributed by atoms with van der Waals surface area (Å²) in [5.41, 5.74) is 10.8. The van der Waals surface area contributed by atoms with E-state index in [1.807, 2.05) is 0 Å². The number of rotatable bonds is 10. The lowest BCUT2D eigenvalue weighted by Crippen LogP contribution is -2.53. The number of alkyl halides is 6. The zero-order chi connectivity index (χ0) is 38.4. The van der Waals surface area contributed by atoms with E-state index in [-0.39, 0.29) is 45.9 Å². The molecule has 0 aliphatic carbocycles. The number of amidine groups is 2. The average molecular weight is 740 g/mol. The Kier molecular flexibility index (Phi) is 12.0. The molecule has 0 bridgehead atoms. The summed E-state index contributed by atoms with van der Waals surface area (Å²) in [6.07, 6.45) is -11.0. The van der Waals surface area contributed by atoms with E-state index in [1.165, 1.54) is 48.5 Å². The third-order valence-corrected chi connectivity index (χ3v) is 7.07. The van der Waals surface area contributed by atoms with Crippen LogP contribution in [-0.2, 0) is 38.6 Å². The van der Waals surface area contributed by atoms with Crippen molar-refractivity contribution in [3.8, 4) is 0 Å². The number of hydrogen-bond acceptors (Lipinski definition) is 9. The molecule has 4 rings (SSSR count). The Balaban J connectivity index is 1.60. The Morgan fingerprint density at radius 3 is 2.23 bits per heavy atom. The molecular weight excluding hydrogens is 707 g/mol. The lowest BCUT2D eigenvalue weighted by Gasteiger charge is -2.37. The molecule has 1 aliphatic heterocycles. The highest BCUT2D eigenvalue weighted by molar-refractivity contribution is 5.97. The topological polar surface area (TPSA) is 168 Å². The Morgan fingerprint density at radius 1 is 1.00 bits per heavy atom. The number of aliphatic imine (C=N–C) groups is 1. The van der Waals surface area contributed by atoms with E-state index in [0.717, 1.165) is 17.2 Å². The molecule has 0 fully saturated rings. The van der Waals surface area contributed by atoms with Gasteiger partial charge in [0.1, 0.15) is 19.0 Å². The molecular formula is C33H32F7N7O5. The number of carbonyl (C=O) groups excluding carboxylic acids is 2. The number of oxime groups is 1. The highest BCUT2D eigenvalue weighted by Gasteiger charge is 2.44. The predicted molar refractivity (Wildman–Crippen MR) is 173 cm³/mol. The number of aliphatic hydroxyl groups excluding tert-OH is 1. The van der Waals surface area contributed by atoms with E-state index >= 15 is 0 Å². The maximum absolute atomic E-state index is 13.6. The molecule has 12 nitrogen and oxygen atoms in total. The summed E-state index contributed by atoms with van der Waals surface area (Å²) in [4.78, 5) is 40.2. The molecule has 19 heteroatoms. The normalized spacial score (nSPS) is 16.0. The van der Waals surface area contributed by atoms with Crippen LogP contribution in [0.2, 0.25) is 0 Å². The molecule has 0 aromatic heterocycles. The summed E-state index contributed by atoms with van der Waals surface area (Å²) < 4.78 is 93.8. The standard InChI is InChI=1S/C33H32F7N7O5/c1-18(2)44-29-30(49)46(26(14-43-29)22-11-23(32(35,36)37)13-25(41)12-22)16-27(48)47(52-31(50)33(38,39)40)15-19-3-7-21(8-4-19)28(42)45-51-17-20-5-9-24(34)10-6-20/h3-14,18,30,49H,15-17,41H2,1-2H3,(H2,42,45)(H,43,44). The van der Waals surface area contributed by atoms with Crippen molar-refractivity contribution in [1.29, 1.82) is 0 Å². The number of benzene rings is 3. The van der Waals surface area contributed by atoms with Crippen LogP contribution in [0.25, 0.3) is 5.70 Å². The quantitative estimate of drug-likeness (QED) is 0.0762. The minimum Gasteiger partial charge on any atom is -0.399 e. The first kappa shape index (κ1) is 38.9. The lowest BCUT2D eigenvalue weighted by molar-refractivity contribution is -0.239. The number of amides is 1. The van der Waals surface area contributed by atoms with E-state index in [1.54, 1.807) is 13.8 Å². The number of halogens is 7. The van der Waals surface area contributed by atoms with E-state index in [4.69, 9.17) is 16.3 Å². The Morgan fingerprint density at radius 2 is 1.63 bits per heavy atom. The number of hydroxylamine groups is 2. The van der Waals surface area contributed by atoms with Gasteiger partial charge in [-0.05, 0) is 55.3 Å². The number of nitrogens with one attached hydrogen (secondary N) is 1. The van der Waals surface area contributed by atoms with Gasteiger partial charge < -0.3 is 36.5 Å². The Bertz CT molecular complexity index is 1850. The van der Waals surface area contributed by atoms with Crippen LogP contribution in [-0.4, -0.2) is 63.6 Å². The second-order valence-corrected chi connectivity index (χ2v) is 11.5. The fourth-order valence-electron chi connectivity index (χ4n) is 4.65. The van der Waals surface area contributed by atoms with Crippen LogP contribution < -0.4 is 16.8 Å². The summed E-state index contributed by atoms with van der Waals surface area (Å²) in [5, 5.41) is 17.7. The van der Waals surface area contributed by atoms with Gasteiger partial charge in [0, 0.05) is 29.1 Å². The summed E-state index contributed by atoms with van der Waals surface area (Å²) in [6, 6.07) is 13.0. The maximum atomic E-state index is 13.6. The van der Waals surface area contributed by atoms with Crippen molar-refractivity contribution in [1.82, 2.24) is 15.3 Å². The smallest absolute Gasteiger partial charge is 0.399 e. The minimum absolute atomic E-state index is 0.0364. The zero-order valence-electron chi connectivity index (χ0n) is 27.4. The summed E-state index contributed by atoms with van der Waals surface area (Å²) in [5.74, 6) is -4.73. The molecule has 0 spiro atoms. The molecule has 3 aromatic carbocycles. The molecule has 1 amide bonds. The lowest BCUT2D eigenvalue weighted by atomic mass is 10.0. The summed E-state index contributed by atoms with van der Waals surface area (Å²) >= 11 is 0. The SMILES string of the molecule is CC(C)N=C1NC=C(c2cc(N)cc(C(F)(F)F)c2)N(CC(=O)N(Cc2ccc(/C(N)=N\OCc3ccc(F)cc3)cc2)OC(=O)C(F)(F)F)C1O. The fraction of sp³-hybridized carbons (Fsp3) is 0.273. The van der Waals surface area contributed by atoms with Crippen molar-refractivity contribution in [2.24, 2.45) is 15.9 Å². The van der Waals surface area contributed by atoms with Crippen molar-refractivity contribution >= 4 is 34.9 Å². The van der Waals surface area contributed by atoms with Crippen LogP contribution in [0, 0.1) is 5.82 Å². The zero-order valence-corrected chi connectivity index (χ0v) is 27.4. The van der Waals surface area contributed by atoms with Gasteiger partial charge in [0.25, 0.3) is 5.91 Å². The number of carbonyl (C=O) groups is 2. The molecule has 1 atom stereocenters. The third kappa shape index (κ3) is 10.3. The van der Waals surface area contributed by atoms with Gasteiger partial charge in [-0.1, -0.05) is 41.6 Å². The molecule has 1 unspecified atom stereocenters. The van der Waals surface area contributed by atoms with Gasteiger partial charge in [0.05, 0.1) is 17.8 Å². The van der Waals surface area contributed by atoms with Crippen LogP contribution in [0.3, 0.4) is 0 Å². The predicted octanol–water partition coefficient (Wildman–Crippen LogP) is 4.64. The third-order valence-electron chi connectivity index (χ3n) is 7.07. The molecule has 1 heterocycles. The number of nitrogen functional groups attached to an aromatic ring is 1. The largest absolute Gasteiger partial charge is 0.493 e. The molecule has 0 saturated carbocycles. The van der Waals surface area contributed by atoms with Crippen molar-refractivity contribution in [3.05, 3.63) is 107 Å². The number of nitrogens with two attached hydrogens (primary N) is 2. The van der Waals surface area contributed by atoms with Crippen LogP contribution >= 0.6 is 0 Å². The van der Waals surface area contributed by atoms with Gasteiger partial charge in [0.15, 0.2) is 17.9 Å². The molecule has 0 radical (unpaired) electrons. The number of hydrogen-bond donors (Lipinski definition) is 4. The minimum atomic E-state index is -5.52. The van der Waals surface area contributed by atoms with Gasteiger partial charge >= 0.3 is 18.3 Å². The first-order chi connectivity index (χ1) is 24.3. The summed E-state index contributed by atoms with van der Waals surface area (Å²) in [7, 11) is 0. The Labute approximate surface area is 291 Å². The van der Waals surface area contributed by atoms with Gasteiger partial charge in [-0.2, -0.15) is 31.4 Å². The average Bonchev–Trinajstić information content (AvgIpc) is 3.06. The van der Waals surface area contributed by atoms with Crippen molar-refractivity contribution < 1.29 is 55.1 Å². The van der Waals surface area contributed by atoms with Crippen LogP contribution in [0.4, 0.5) is 36.4 Å². The second kappa shape index (κ2) is 16.0. The van der Waals surface area contributed by atoms with Crippen molar-refractivity contribution in [2.75, 3.05) is 12.3 Å².